The maximum atomic E-state index is 5.69. The van der Waals surface area contributed by atoms with E-state index >= 15 is 0 Å². The molecule has 1 aromatic rings. The second-order valence-corrected chi connectivity index (χ2v) is 4.81. The molecule has 0 amide bonds. The Labute approximate surface area is 94.3 Å². The molecule has 3 heteroatoms. The second kappa shape index (κ2) is 3.06. The van der Waals surface area contributed by atoms with Crippen LogP contribution in [0.1, 0.15) is 28.9 Å². The van der Waals surface area contributed by atoms with E-state index in [1.165, 1.54) is 16.7 Å². The van der Waals surface area contributed by atoms with Crippen molar-refractivity contribution in [3.8, 4) is 0 Å². The molecule has 0 bridgehead atoms. The molecule has 0 aromatic heterocycles. The van der Waals surface area contributed by atoms with Gasteiger partial charge in [-0.15, -0.1) is 0 Å². The standard InChI is InChI=1S/C13H14O3/c1-7-3-2-4-8-11(7)13-10(16-13)6-14-5-9-12(8)15-9/h2-4,9-10,12-13H,5-6H2,1H3. The van der Waals surface area contributed by atoms with E-state index < -0.39 is 0 Å². The first-order chi connectivity index (χ1) is 7.84. The van der Waals surface area contributed by atoms with E-state index in [-0.39, 0.29) is 24.4 Å². The van der Waals surface area contributed by atoms with Crippen molar-refractivity contribution in [3.63, 3.8) is 0 Å². The Morgan fingerprint density at radius 2 is 1.81 bits per heavy atom. The third-order valence-corrected chi connectivity index (χ3v) is 3.68. The highest BCUT2D eigenvalue weighted by Crippen LogP contribution is 2.50. The molecular formula is C13H14O3. The minimum atomic E-state index is 0.234. The van der Waals surface area contributed by atoms with Crippen molar-refractivity contribution in [1.29, 1.82) is 0 Å². The van der Waals surface area contributed by atoms with Crippen LogP contribution in [-0.4, -0.2) is 25.4 Å². The molecule has 84 valence electrons. The highest BCUT2D eigenvalue weighted by Gasteiger charge is 2.49. The van der Waals surface area contributed by atoms with Crippen LogP contribution in [0.4, 0.5) is 0 Å². The number of aryl methyl sites for hydroxylation is 1. The Kier molecular flexibility index (Phi) is 1.76. The fourth-order valence-electron chi connectivity index (χ4n) is 2.71. The van der Waals surface area contributed by atoms with Crippen molar-refractivity contribution in [3.05, 3.63) is 34.9 Å². The van der Waals surface area contributed by atoms with Crippen molar-refractivity contribution in [2.75, 3.05) is 13.2 Å². The first-order valence-corrected chi connectivity index (χ1v) is 5.82. The van der Waals surface area contributed by atoms with Crippen molar-refractivity contribution >= 4 is 0 Å². The van der Waals surface area contributed by atoms with E-state index in [4.69, 9.17) is 14.2 Å². The number of benzene rings is 1. The van der Waals surface area contributed by atoms with Gasteiger partial charge < -0.3 is 14.2 Å². The van der Waals surface area contributed by atoms with Crippen LogP contribution in [0.25, 0.3) is 0 Å². The lowest BCUT2D eigenvalue weighted by atomic mass is 9.95. The average molecular weight is 218 g/mol. The average Bonchev–Trinajstić information content (AvgIpc) is 3.14. The number of fused-ring (bicyclic) bond motifs is 5. The van der Waals surface area contributed by atoms with Crippen molar-refractivity contribution in [2.24, 2.45) is 0 Å². The zero-order valence-corrected chi connectivity index (χ0v) is 9.18. The minimum absolute atomic E-state index is 0.234. The van der Waals surface area contributed by atoms with Gasteiger partial charge in [-0.25, -0.2) is 0 Å². The Morgan fingerprint density at radius 3 is 2.69 bits per heavy atom. The molecule has 1 aromatic carbocycles. The first kappa shape index (κ1) is 9.16. The van der Waals surface area contributed by atoms with E-state index in [1.54, 1.807) is 0 Å². The van der Waals surface area contributed by atoms with Gasteiger partial charge in [0, 0.05) is 0 Å². The Hall–Kier alpha value is -0.900. The SMILES string of the molecule is Cc1cccc2c1C1OC1COCC1OC21. The predicted molar refractivity (Wildman–Crippen MR) is 57.2 cm³/mol. The number of epoxide rings is 2. The molecule has 4 atom stereocenters. The lowest BCUT2D eigenvalue weighted by Crippen LogP contribution is -2.06. The fourth-order valence-corrected chi connectivity index (χ4v) is 2.71. The van der Waals surface area contributed by atoms with Crippen LogP contribution in [0, 0.1) is 6.92 Å². The summed E-state index contributed by atoms with van der Waals surface area (Å²) in [5, 5.41) is 0. The normalized spacial score (nSPS) is 39.6. The Bertz CT molecular complexity index is 443. The summed E-state index contributed by atoms with van der Waals surface area (Å²) in [6, 6.07) is 6.41. The van der Waals surface area contributed by atoms with Crippen molar-refractivity contribution in [2.45, 2.75) is 31.3 Å². The van der Waals surface area contributed by atoms with Crippen LogP contribution in [-0.2, 0) is 14.2 Å². The molecule has 0 aliphatic carbocycles. The molecule has 4 rings (SSSR count). The zero-order chi connectivity index (χ0) is 10.7. The molecule has 0 spiro atoms. The zero-order valence-electron chi connectivity index (χ0n) is 9.18. The van der Waals surface area contributed by atoms with E-state index in [1.807, 2.05) is 0 Å². The van der Waals surface area contributed by atoms with Crippen LogP contribution in [0.3, 0.4) is 0 Å². The first-order valence-electron chi connectivity index (χ1n) is 5.82. The smallest absolute Gasteiger partial charge is 0.112 e. The molecule has 2 fully saturated rings. The quantitative estimate of drug-likeness (QED) is 0.624. The second-order valence-electron chi connectivity index (χ2n) is 4.81. The molecule has 3 heterocycles. The largest absolute Gasteiger partial charge is 0.376 e. The molecule has 3 nitrogen and oxygen atoms in total. The summed E-state index contributed by atoms with van der Waals surface area (Å²) >= 11 is 0. The summed E-state index contributed by atoms with van der Waals surface area (Å²) in [7, 11) is 0. The molecule has 4 unspecified atom stereocenters. The van der Waals surface area contributed by atoms with Gasteiger partial charge in [-0.05, 0) is 23.6 Å². The maximum Gasteiger partial charge on any atom is 0.112 e. The lowest BCUT2D eigenvalue weighted by Gasteiger charge is -2.08. The minimum Gasteiger partial charge on any atom is -0.376 e. The van der Waals surface area contributed by atoms with Gasteiger partial charge in [0.25, 0.3) is 0 Å². The molecule has 0 radical (unpaired) electrons. The third-order valence-electron chi connectivity index (χ3n) is 3.68. The topological polar surface area (TPSA) is 34.3 Å². The summed E-state index contributed by atoms with van der Waals surface area (Å²) in [5.41, 5.74) is 3.95. The summed E-state index contributed by atoms with van der Waals surface area (Å²) < 4.78 is 16.9. The number of rotatable bonds is 0. The molecule has 3 aliphatic rings. The molecule has 3 aliphatic heterocycles. The summed E-state index contributed by atoms with van der Waals surface area (Å²) in [6.45, 7) is 3.54. The van der Waals surface area contributed by atoms with Gasteiger partial charge in [0.05, 0.1) is 13.2 Å². The summed E-state index contributed by atoms with van der Waals surface area (Å²) in [6.07, 6.45) is 0.993. The number of hydrogen-bond acceptors (Lipinski definition) is 3. The van der Waals surface area contributed by atoms with Crippen LogP contribution >= 0.6 is 0 Å². The number of hydrogen-bond donors (Lipinski definition) is 0. The monoisotopic (exact) mass is 218 g/mol. The van der Waals surface area contributed by atoms with Crippen molar-refractivity contribution in [1.82, 2.24) is 0 Å². The lowest BCUT2D eigenvalue weighted by molar-refractivity contribution is 0.102. The van der Waals surface area contributed by atoms with E-state index in [9.17, 15) is 0 Å². The highest BCUT2D eigenvalue weighted by molar-refractivity contribution is 5.42. The highest BCUT2D eigenvalue weighted by atomic mass is 16.6. The molecule has 0 N–H and O–H groups in total. The van der Waals surface area contributed by atoms with Gasteiger partial charge in [0.1, 0.15) is 24.4 Å². The van der Waals surface area contributed by atoms with Crippen LogP contribution < -0.4 is 0 Å². The van der Waals surface area contributed by atoms with Crippen LogP contribution in [0.5, 0.6) is 0 Å². The fraction of sp³-hybridized carbons (Fsp3) is 0.538. The Balaban J connectivity index is 1.83. The predicted octanol–water partition coefficient (Wildman–Crippen LogP) is 1.91. The summed E-state index contributed by atoms with van der Waals surface area (Å²) in [4.78, 5) is 0. The molecule has 2 saturated heterocycles. The van der Waals surface area contributed by atoms with E-state index in [0.717, 1.165) is 0 Å². The van der Waals surface area contributed by atoms with Gasteiger partial charge in [0.2, 0.25) is 0 Å². The Morgan fingerprint density at radius 1 is 1.06 bits per heavy atom. The van der Waals surface area contributed by atoms with Crippen LogP contribution in [0.2, 0.25) is 0 Å². The van der Waals surface area contributed by atoms with Gasteiger partial charge in [-0.2, -0.15) is 0 Å². The van der Waals surface area contributed by atoms with Gasteiger partial charge in [-0.1, -0.05) is 18.2 Å². The number of ether oxygens (including phenoxy) is 3. The molecule has 16 heavy (non-hydrogen) atoms. The van der Waals surface area contributed by atoms with Gasteiger partial charge in [-0.3, -0.25) is 0 Å². The van der Waals surface area contributed by atoms with Crippen LogP contribution in [0.15, 0.2) is 18.2 Å². The van der Waals surface area contributed by atoms with Crippen molar-refractivity contribution < 1.29 is 14.2 Å². The van der Waals surface area contributed by atoms with E-state index in [2.05, 4.69) is 25.1 Å². The molecule has 0 saturated carbocycles. The third kappa shape index (κ3) is 1.25. The van der Waals surface area contributed by atoms with E-state index in [0.29, 0.717) is 13.2 Å². The molecular weight excluding hydrogens is 204 g/mol. The summed E-state index contributed by atoms with van der Waals surface area (Å²) in [5.74, 6) is 0. The maximum absolute atomic E-state index is 5.69. The van der Waals surface area contributed by atoms with Gasteiger partial charge >= 0.3 is 0 Å². The van der Waals surface area contributed by atoms with Gasteiger partial charge in [0.15, 0.2) is 0 Å².